The highest BCUT2D eigenvalue weighted by molar-refractivity contribution is 5.79. The Hall–Kier alpha value is -1.59. The van der Waals surface area contributed by atoms with E-state index < -0.39 is 153 Å². The summed E-state index contributed by atoms with van der Waals surface area (Å²) in [6.45, 7) is 13.2. The van der Waals surface area contributed by atoms with Gasteiger partial charge >= 0.3 is 5.97 Å². The average molecular weight is 1080 g/mol. The first-order valence-corrected chi connectivity index (χ1v) is 27.4. The van der Waals surface area contributed by atoms with Gasteiger partial charge in [-0.15, -0.1) is 0 Å². The number of hydrogen-bond acceptors (Lipinski definition) is 22. The van der Waals surface area contributed by atoms with Crippen LogP contribution in [-0.2, 0) is 42.7 Å². The third kappa shape index (κ3) is 9.31. The van der Waals surface area contributed by atoms with Gasteiger partial charge in [-0.05, 0) is 111 Å². The average Bonchev–Trinajstić information content (AvgIpc) is 3.45. The zero-order valence-corrected chi connectivity index (χ0v) is 44.2. The number of aliphatic hydroxyl groups excluding tert-OH is 13. The van der Waals surface area contributed by atoms with Crippen molar-refractivity contribution in [2.24, 2.45) is 56.7 Å². The summed E-state index contributed by atoms with van der Waals surface area (Å²) in [7, 11) is 0. The highest BCUT2D eigenvalue weighted by atomic mass is 16.8. The molecule has 0 aromatic heterocycles. The molecule has 0 bridgehead atoms. The molecule has 2 unspecified atom stereocenters. The number of allylic oxidation sites excluding steroid dienone is 2. The van der Waals surface area contributed by atoms with Crippen molar-refractivity contribution in [1.82, 2.24) is 0 Å². The summed E-state index contributed by atoms with van der Waals surface area (Å²) in [5.41, 5.74) is -1.33. The first kappa shape index (κ1) is 58.1. The van der Waals surface area contributed by atoms with Crippen LogP contribution in [0.3, 0.4) is 0 Å². The van der Waals surface area contributed by atoms with Crippen LogP contribution in [0.1, 0.15) is 106 Å². The molecular formula is C53H86O22. The van der Waals surface area contributed by atoms with Gasteiger partial charge in [0.15, 0.2) is 18.9 Å². The van der Waals surface area contributed by atoms with Gasteiger partial charge in [0.1, 0.15) is 85.5 Å². The molecule has 22 nitrogen and oxygen atoms in total. The Morgan fingerprint density at radius 2 is 1.29 bits per heavy atom. The summed E-state index contributed by atoms with van der Waals surface area (Å²) >= 11 is 0. The van der Waals surface area contributed by atoms with Gasteiger partial charge in [-0.1, -0.05) is 53.2 Å². The molecule has 9 aliphatic rings. The maximum absolute atomic E-state index is 15.2. The van der Waals surface area contributed by atoms with Crippen molar-refractivity contribution in [2.75, 3.05) is 26.4 Å². The van der Waals surface area contributed by atoms with Crippen molar-refractivity contribution in [2.45, 2.75) is 229 Å². The summed E-state index contributed by atoms with van der Waals surface area (Å²) in [6, 6.07) is 0. The fourth-order valence-corrected chi connectivity index (χ4v) is 16.3. The number of hydrogen-bond donors (Lipinski definition) is 13. The lowest BCUT2D eigenvalue weighted by Gasteiger charge is -2.71. The molecule has 4 heterocycles. The second-order valence-corrected chi connectivity index (χ2v) is 25.1. The van der Waals surface area contributed by atoms with E-state index in [1.54, 1.807) is 0 Å². The fraction of sp³-hybridized carbons (Fsp3) is 0.943. The van der Waals surface area contributed by atoms with Crippen molar-refractivity contribution >= 4 is 5.97 Å². The lowest BCUT2D eigenvalue weighted by atomic mass is 9.33. The molecule has 0 aromatic rings. The normalized spacial score (nSPS) is 56.1. The number of esters is 1. The van der Waals surface area contributed by atoms with E-state index in [0.717, 1.165) is 32.1 Å². The molecule has 0 amide bonds. The van der Waals surface area contributed by atoms with Crippen LogP contribution in [0.4, 0.5) is 0 Å². The first-order valence-electron chi connectivity index (χ1n) is 27.4. The summed E-state index contributed by atoms with van der Waals surface area (Å²) in [5, 5.41) is 139. The molecule has 5 aliphatic carbocycles. The molecule has 0 aromatic carbocycles. The minimum Gasteiger partial charge on any atom is -0.432 e. The van der Waals surface area contributed by atoms with E-state index in [-0.39, 0.29) is 59.0 Å². The molecule has 0 spiro atoms. The van der Waals surface area contributed by atoms with Crippen LogP contribution in [0.25, 0.3) is 0 Å². The molecule has 8 fully saturated rings. The van der Waals surface area contributed by atoms with Gasteiger partial charge in [-0.2, -0.15) is 0 Å². The molecule has 4 saturated carbocycles. The summed E-state index contributed by atoms with van der Waals surface area (Å²) in [4.78, 5) is 15.2. The standard InChI is InChI=1S/C53H86O22/c1-22-10-15-53(48(67)75-47-41(65)37(61)35(59)28(72-47)20-69-44-42(66)38(62)43(27(18-54)71-44)74-46-40(64)36(60)33(57)24(3)70-46)17-16-51(6)25(32(53)23(22)2)8-9-30-49(4)13-12-31(73-45-39(63)34(58)26(56)19-68-45)50(5,21-55)29(49)11-14-52(30,51)7/h8,22-24,26-47,54-66H,9-21H2,1-7H3/t22-,23+,24+,26+,27-,28-,29?,30?,31+,32+,33+,34+,35-,36-,37+,38-,39-,40-,41-,42-,43-,44-,45+,46+,47+,49+,50+,51-,52-,53+/m1/s1. The Balaban J connectivity index is 0.900. The maximum atomic E-state index is 15.2. The Bertz CT molecular complexity index is 2050. The van der Waals surface area contributed by atoms with Gasteiger partial charge in [-0.3, -0.25) is 4.79 Å². The van der Waals surface area contributed by atoms with Gasteiger partial charge in [0, 0.05) is 5.41 Å². The monoisotopic (exact) mass is 1070 g/mol. The zero-order chi connectivity index (χ0) is 54.6. The molecule has 9 rings (SSSR count). The van der Waals surface area contributed by atoms with E-state index in [2.05, 4.69) is 40.7 Å². The molecule has 0 radical (unpaired) electrons. The Morgan fingerprint density at radius 3 is 1.99 bits per heavy atom. The smallest absolute Gasteiger partial charge is 0.315 e. The van der Waals surface area contributed by atoms with Crippen molar-refractivity contribution < 1.29 is 109 Å². The number of fused-ring (bicyclic) bond motifs is 7. The van der Waals surface area contributed by atoms with Gasteiger partial charge in [0.2, 0.25) is 6.29 Å². The minimum absolute atomic E-state index is 0.0319. The summed E-state index contributed by atoms with van der Waals surface area (Å²) in [5.74, 6) is -0.310. The van der Waals surface area contributed by atoms with Crippen LogP contribution in [0.5, 0.6) is 0 Å². The molecule has 13 N–H and O–H groups in total. The molecule has 4 aliphatic heterocycles. The number of carbonyl (C=O) groups is 1. The lowest BCUT2D eigenvalue weighted by Crippen LogP contribution is -2.67. The number of carbonyl (C=O) groups excluding carboxylic acids is 1. The second kappa shape index (κ2) is 21.4. The molecule has 4 saturated heterocycles. The number of ether oxygens (including phenoxy) is 8. The van der Waals surface area contributed by atoms with Crippen LogP contribution in [-0.4, -0.2) is 222 Å². The van der Waals surface area contributed by atoms with Gasteiger partial charge in [0.05, 0.1) is 44.1 Å². The second-order valence-electron chi connectivity index (χ2n) is 25.1. The fourth-order valence-electron chi connectivity index (χ4n) is 16.3. The third-order valence-electron chi connectivity index (χ3n) is 21.5. The maximum Gasteiger partial charge on any atom is 0.315 e. The van der Waals surface area contributed by atoms with Crippen molar-refractivity contribution in [1.29, 1.82) is 0 Å². The van der Waals surface area contributed by atoms with Crippen LogP contribution >= 0.6 is 0 Å². The number of rotatable bonds is 11. The molecule has 30 atom stereocenters. The van der Waals surface area contributed by atoms with Gasteiger partial charge in [0.25, 0.3) is 0 Å². The van der Waals surface area contributed by atoms with Crippen molar-refractivity contribution in [3.8, 4) is 0 Å². The minimum atomic E-state index is -1.87. The molecule has 430 valence electrons. The highest BCUT2D eigenvalue weighted by Gasteiger charge is 2.71. The van der Waals surface area contributed by atoms with E-state index in [4.69, 9.17) is 37.9 Å². The highest BCUT2D eigenvalue weighted by Crippen LogP contribution is 2.76. The summed E-state index contributed by atoms with van der Waals surface area (Å²) in [6.07, 6.45) is -21.8. The predicted octanol–water partition coefficient (Wildman–Crippen LogP) is -1.54. The van der Waals surface area contributed by atoms with E-state index in [0.29, 0.717) is 25.7 Å². The van der Waals surface area contributed by atoms with Crippen LogP contribution in [0.2, 0.25) is 0 Å². The summed E-state index contributed by atoms with van der Waals surface area (Å²) < 4.78 is 47.0. The topological polar surface area (TPSA) is 354 Å². The van der Waals surface area contributed by atoms with E-state index >= 15 is 4.79 Å². The molecule has 75 heavy (non-hydrogen) atoms. The SMILES string of the molecule is C[C@H]1[C@H](C)CC[C@]2(C(=O)O[C@@H]3O[C@H](CO[C@@H]4O[C@H](CO)[C@@H](O[C@@H]5O[C@@H](C)[C@H](O)[C@@H](O)[C@H]5O)[C@H](O)[C@H]4O)[C@@H](O)[C@H](O)[C@H]3O)CC[C@]3(C)C(=CCC4[C@@]5(C)CC[C@H](O[C@@H]6OC[C@H](O)[C@H](O)[C@H]6O)[C@@](C)(CO)C5CC[C@]43C)[C@H]12. The van der Waals surface area contributed by atoms with E-state index in [1.807, 2.05) is 6.92 Å². The first-order chi connectivity index (χ1) is 35.2. The van der Waals surface area contributed by atoms with Crippen LogP contribution < -0.4 is 0 Å². The van der Waals surface area contributed by atoms with Crippen LogP contribution in [0, 0.1) is 56.7 Å². The van der Waals surface area contributed by atoms with E-state index in [9.17, 15) is 66.4 Å². The Kier molecular flexibility index (Phi) is 16.6. The van der Waals surface area contributed by atoms with Crippen molar-refractivity contribution in [3.05, 3.63) is 11.6 Å². The van der Waals surface area contributed by atoms with Crippen molar-refractivity contribution in [3.63, 3.8) is 0 Å². The van der Waals surface area contributed by atoms with E-state index in [1.165, 1.54) is 12.5 Å². The largest absolute Gasteiger partial charge is 0.432 e. The molecular weight excluding hydrogens is 989 g/mol. The van der Waals surface area contributed by atoms with Gasteiger partial charge < -0.3 is 104 Å². The molecule has 22 heteroatoms. The zero-order valence-electron chi connectivity index (χ0n) is 44.2. The Morgan fingerprint density at radius 1 is 0.640 bits per heavy atom. The third-order valence-corrected chi connectivity index (χ3v) is 21.5. The Labute approximate surface area is 437 Å². The number of aliphatic hydroxyl groups is 13. The van der Waals surface area contributed by atoms with Crippen LogP contribution in [0.15, 0.2) is 11.6 Å². The quantitative estimate of drug-likeness (QED) is 0.0633. The van der Waals surface area contributed by atoms with Gasteiger partial charge in [-0.25, -0.2) is 0 Å². The lowest BCUT2D eigenvalue weighted by molar-refractivity contribution is -0.361. The predicted molar refractivity (Wildman–Crippen MR) is 257 cm³/mol.